The van der Waals surface area contributed by atoms with E-state index in [2.05, 4.69) is 21.9 Å². The van der Waals surface area contributed by atoms with Gasteiger partial charge in [0.2, 0.25) is 15.9 Å². The third-order valence-electron chi connectivity index (χ3n) is 5.08. The van der Waals surface area contributed by atoms with Crippen LogP contribution in [0.2, 0.25) is 0 Å². The smallest absolute Gasteiger partial charge is 0.240 e. The van der Waals surface area contributed by atoms with Crippen molar-refractivity contribution in [3.63, 3.8) is 0 Å². The zero-order chi connectivity index (χ0) is 21.0. The van der Waals surface area contributed by atoms with Crippen LogP contribution in [0.1, 0.15) is 54.0 Å². The molecule has 0 fully saturated rings. The van der Waals surface area contributed by atoms with Gasteiger partial charge in [-0.15, -0.1) is 11.3 Å². The van der Waals surface area contributed by atoms with Gasteiger partial charge in [0.1, 0.15) is 0 Å². The number of anilines is 1. The average molecular weight is 436 g/mol. The summed E-state index contributed by atoms with van der Waals surface area (Å²) in [5.74, 6) is 0.274. The molecule has 1 amide bonds. The maximum atomic E-state index is 12.3. The average Bonchev–Trinajstić information content (AvgIpc) is 3.08. The van der Waals surface area contributed by atoms with Crippen LogP contribution >= 0.6 is 11.3 Å². The van der Waals surface area contributed by atoms with Gasteiger partial charge in [0, 0.05) is 23.4 Å². The first-order valence-corrected chi connectivity index (χ1v) is 12.0. The topological polar surface area (TPSA) is 105 Å². The molecule has 2 N–H and O–H groups in total. The number of nitrogens with zero attached hydrogens (tertiary/aromatic N) is 1. The van der Waals surface area contributed by atoms with E-state index < -0.39 is 10.0 Å². The molecule has 7 nitrogen and oxygen atoms in total. The zero-order valence-corrected chi connectivity index (χ0v) is 18.2. The minimum atomic E-state index is -3.74. The molecule has 0 bridgehead atoms. The van der Waals surface area contributed by atoms with Crippen molar-refractivity contribution in [3.8, 4) is 0 Å². The Kier molecular flexibility index (Phi) is 6.81. The van der Waals surface area contributed by atoms with Gasteiger partial charge in [0.25, 0.3) is 0 Å². The lowest BCUT2D eigenvalue weighted by Crippen LogP contribution is -2.27. The minimum Gasteiger partial charge on any atom is -0.302 e. The number of benzene rings is 1. The van der Waals surface area contributed by atoms with E-state index in [1.54, 1.807) is 0 Å². The monoisotopic (exact) mass is 435 g/mol. The first kappa shape index (κ1) is 21.6. The summed E-state index contributed by atoms with van der Waals surface area (Å²) in [4.78, 5) is 29.3. The molecule has 0 saturated heterocycles. The molecule has 9 heteroatoms. The Morgan fingerprint density at radius 1 is 1.24 bits per heavy atom. The second kappa shape index (κ2) is 9.15. The Morgan fingerprint density at radius 3 is 2.62 bits per heavy atom. The van der Waals surface area contributed by atoms with Gasteiger partial charge in [-0.3, -0.25) is 9.59 Å². The molecule has 3 rings (SSSR count). The van der Waals surface area contributed by atoms with Crippen molar-refractivity contribution in [2.75, 3.05) is 11.9 Å². The number of fused-ring (bicyclic) bond motifs is 1. The van der Waals surface area contributed by atoms with Gasteiger partial charge in [-0.05, 0) is 44.2 Å². The van der Waals surface area contributed by atoms with Crippen LogP contribution in [0.15, 0.2) is 29.2 Å². The highest BCUT2D eigenvalue weighted by atomic mass is 32.2. The lowest BCUT2D eigenvalue weighted by atomic mass is 9.89. The molecular weight excluding hydrogens is 410 g/mol. The quantitative estimate of drug-likeness (QED) is 0.620. The fourth-order valence-corrected chi connectivity index (χ4v) is 5.45. The number of nitrogens with one attached hydrogen (secondary N) is 2. The second-order valence-electron chi connectivity index (χ2n) is 7.18. The van der Waals surface area contributed by atoms with Crippen molar-refractivity contribution >= 4 is 38.2 Å². The molecule has 156 valence electrons. The second-order valence-corrected chi connectivity index (χ2v) is 10.0. The summed E-state index contributed by atoms with van der Waals surface area (Å²) >= 11 is 1.51. The predicted molar refractivity (Wildman–Crippen MR) is 113 cm³/mol. The van der Waals surface area contributed by atoms with Crippen LogP contribution in [-0.4, -0.2) is 31.6 Å². The molecule has 1 unspecified atom stereocenters. The van der Waals surface area contributed by atoms with Gasteiger partial charge in [-0.25, -0.2) is 18.1 Å². The number of thiazole rings is 1. The minimum absolute atomic E-state index is 0.00654. The SMILES string of the molecule is CCC1CCc2nc(NC(=O)CCNS(=O)(=O)c3ccc(C(C)=O)cc3)sc2C1. The number of hydrogen-bond donors (Lipinski definition) is 2. The van der Waals surface area contributed by atoms with Gasteiger partial charge in [0.15, 0.2) is 10.9 Å². The van der Waals surface area contributed by atoms with Crippen LogP contribution in [0.3, 0.4) is 0 Å². The number of rotatable bonds is 8. The fourth-order valence-electron chi connectivity index (χ4n) is 3.28. The highest BCUT2D eigenvalue weighted by Crippen LogP contribution is 2.33. The van der Waals surface area contributed by atoms with Crippen LogP contribution in [0, 0.1) is 5.92 Å². The van der Waals surface area contributed by atoms with Gasteiger partial charge in [-0.2, -0.15) is 0 Å². The van der Waals surface area contributed by atoms with Crippen molar-refractivity contribution in [3.05, 3.63) is 40.4 Å². The summed E-state index contributed by atoms with van der Waals surface area (Å²) in [5.41, 5.74) is 1.52. The van der Waals surface area contributed by atoms with E-state index in [-0.39, 0.29) is 29.6 Å². The van der Waals surface area contributed by atoms with Crippen molar-refractivity contribution in [1.82, 2.24) is 9.71 Å². The van der Waals surface area contributed by atoms with E-state index >= 15 is 0 Å². The molecule has 0 radical (unpaired) electrons. The van der Waals surface area contributed by atoms with E-state index in [4.69, 9.17) is 0 Å². The normalized spacial score (nSPS) is 16.3. The summed E-state index contributed by atoms with van der Waals surface area (Å²) in [6.07, 6.45) is 4.25. The molecule has 0 spiro atoms. The van der Waals surface area contributed by atoms with Gasteiger partial charge in [-0.1, -0.05) is 25.5 Å². The molecule has 1 aliphatic rings. The number of carbonyl (C=O) groups is 2. The Labute approximate surface area is 175 Å². The molecule has 2 aromatic rings. The number of Topliss-reactive ketones (excluding diaryl/α,β-unsaturated/α-hetero) is 1. The van der Waals surface area contributed by atoms with Crippen LogP contribution in [0.4, 0.5) is 5.13 Å². The van der Waals surface area contributed by atoms with E-state index in [0.717, 1.165) is 31.4 Å². The third kappa shape index (κ3) is 5.49. The van der Waals surface area contributed by atoms with E-state index in [9.17, 15) is 18.0 Å². The van der Waals surface area contributed by atoms with Crippen LogP contribution in [0.5, 0.6) is 0 Å². The molecule has 1 aromatic carbocycles. The molecule has 1 atom stereocenters. The van der Waals surface area contributed by atoms with Gasteiger partial charge >= 0.3 is 0 Å². The number of hydrogen-bond acceptors (Lipinski definition) is 6. The summed E-state index contributed by atoms with van der Waals surface area (Å²) in [6.45, 7) is 3.59. The summed E-state index contributed by atoms with van der Waals surface area (Å²) in [6, 6.07) is 5.69. The Balaban J connectivity index is 1.51. The highest BCUT2D eigenvalue weighted by molar-refractivity contribution is 7.89. The molecule has 29 heavy (non-hydrogen) atoms. The standard InChI is InChI=1S/C20H25N3O4S2/c1-3-14-4-9-17-18(12-14)28-20(22-17)23-19(25)10-11-21-29(26,27)16-7-5-15(6-8-16)13(2)24/h5-8,14,21H,3-4,9-12H2,1-2H3,(H,22,23,25). The Hall–Kier alpha value is -2.10. The lowest BCUT2D eigenvalue weighted by molar-refractivity contribution is -0.116. The van der Waals surface area contributed by atoms with Crippen LogP contribution in [0.25, 0.3) is 0 Å². The van der Waals surface area contributed by atoms with Crippen molar-refractivity contribution < 1.29 is 18.0 Å². The first-order valence-electron chi connectivity index (χ1n) is 9.67. The Bertz CT molecular complexity index is 997. The van der Waals surface area contributed by atoms with Gasteiger partial charge < -0.3 is 5.32 Å². The molecule has 0 aliphatic heterocycles. The van der Waals surface area contributed by atoms with Crippen LogP contribution in [-0.2, 0) is 27.7 Å². The zero-order valence-electron chi connectivity index (χ0n) is 16.5. The molecule has 1 heterocycles. The number of sulfonamides is 1. The fraction of sp³-hybridized carbons (Fsp3) is 0.450. The third-order valence-corrected chi connectivity index (χ3v) is 7.59. The number of amides is 1. The molecule has 1 aromatic heterocycles. The molecule has 1 aliphatic carbocycles. The molecular formula is C20H25N3O4S2. The highest BCUT2D eigenvalue weighted by Gasteiger charge is 2.22. The maximum Gasteiger partial charge on any atom is 0.240 e. The summed E-state index contributed by atoms with van der Waals surface area (Å²) in [5, 5.41) is 3.36. The number of carbonyl (C=O) groups excluding carboxylic acids is 2. The maximum absolute atomic E-state index is 12.3. The van der Waals surface area contributed by atoms with Crippen molar-refractivity contribution in [2.24, 2.45) is 5.92 Å². The van der Waals surface area contributed by atoms with E-state index in [1.165, 1.54) is 47.4 Å². The van der Waals surface area contributed by atoms with Gasteiger partial charge in [0.05, 0.1) is 10.6 Å². The Morgan fingerprint density at radius 2 is 1.97 bits per heavy atom. The number of aryl methyl sites for hydroxylation is 1. The van der Waals surface area contributed by atoms with Crippen molar-refractivity contribution in [2.45, 2.75) is 50.8 Å². The summed E-state index contributed by atoms with van der Waals surface area (Å²) in [7, 11) is -3.74. The van der Waals surface area contributed by atoms with Crippen molar-refractivity contribution in [1.29, 1.82) is 0 Å². The van der Waals surface area contributed by atoms with E-state index in [0.29, 0.717) is 16.6 Å². The molecule has 0 saturated carbocycles. The number of ketones is 1. The predicted octanol–water partition coefficient (Wildman–Crippen LogP) is 3.17. The lowest BCUT2D eigenvalue weighted by Gasteiger charge is -2.18. The number of aromatic nitrogens is 1. The largest absolute Gasteiger partial charge is 0.302 e. The summed E-state index contributed by atoms with van der Waals surface area (Å²) < 4.78 is 27.0. The van der Waals surface area contributed by atoms with Crippen LogP contribution < -0.4 is 10.0 Å². The first-order chi connectivity index (χ1) is 13.8. The van der Waals surface area contributed by atoms with E-state index in [1.807, 2.05) is 0 Å².